The third-order valence-electron chi connectivity index (χ3n) is 4.47. The van der Waals surface area contributed by atoms with Crippen LogP contribution in [-0.2, 0) is 23.3 Å². The number of benzene rings is 1. The van der Waals surface area contributed by atoms with Gasteiger partial charge in [0.05, 0.1) is 0 Å². The van der Waals surface area contributed by atoms with Crippen molar-refractivity contribution in [1.29, 1.82) is 0 Å². The maximum absolute atomic E-state index is 3.53. The second-order valence-electron chi connectivity index (χ2n) is 5.44. The van der Waals surface area contributed by atoms with Crippen molar-refractivity contribution in [3.8, 4) is 0 Å². The minimum atomic E-state index is 0.223. The molecule has 1 atom stereocenters. The molecule has 1 nitrogen and oxygen atoms in total. The van der Waals surface area contributed by atoms with Crippen LogP contribution in [-0.4, -0.2) is 9.09 Å². The summed E-state index contributed by atoms with van der Waals surface area (Å²) < 4.78 is 1.47. The molecule has 0 bridgehead atoms. The number of aromatic amines is 1. The number of aromatic nitrogens is 1. The summed E-state index contributed by atoms with van der Waals surface area (Å²) in [7, 11) is 0. The van der Waals surface area contributed by atoms with Gasteiger partial charge < -0.3 is 0 Å². The minimum absolute atomic E-state index is 0.223. The van der Waals surface area contributed by atoms with E-state index in [-0.39, 0.29) is 5.41 Å². The third-order valence-corrected chi connectivity index (χ3v) is 5.25. The molecule has 2 aliphatic carbocycles. The first-order valence-electron chi connectivity index (χ1n) is 6.56. The van der Waals surface area contributed by atoms with Crippen molar-refractivity contribution in [2.75, 3.05) is 0 Å². The molecule has 0 radical (unpaired) electrons. The van der Waals surface area contributed by atoms with Gasteiger partial charge in [-0.25, -0.2) is 0 Å². The second-order valence-corrected chi connectivity index (χ2v) is 6.49. The van der Waals surface area contributed by atoms with E-state index in [1.54, 1.807) is 0 Å². The molecule has 1 saturated carbocycles. The van der Waals surface area contributed by atoms with Crippen LogP contribution in [0.25, 0.3) is 0 Å². The first-order valence-corrected chi connectivity index (χ1v) is 7.43. The summed E-state index contributed by atoms with van der Waals surface area (Å²) in [5.41, 5.74) is 4.59. The molecule has 2 heteroatoms. The van der Waals surface area contributed by atoms with Gasteiger partial charge in [0.15, 0.2) is 0 Å². The van der Waals surface area contributed by atoms with Gasteiger partial charge in [-0.2, -0.15) is 0 Å². The van der Waals surface area contributed by atoms with E-state index >= 15 is 0 Å². The molecule has 4 rings (SSSR count). The predicted molar refractivity (Wildman–Crippen MR) is 69.5 cm³/mol. The molecular weight excluding hydrogens is 307 g/mol. The second kappa shape index (κ2) is 3.74. The standard InChI is InChI=1S/C16H15N.Ru/c1-2-4-13(5-3-1)16(14-6-7-14)10-8-12-9-11-17-15(12)16;/h1-5,9,11,14,17H,6-7,10H2;/q;+1. The quantitative estimate of drug-likeness (QED) is 0.818. The zero-order valence-electron chi connectivity index (χ0n) is 10.1. The van der Waals surface area contributed by atoms with E-state index in [9.17, 15) is 0 Å². The fraction of sp³-hybridized carbons (Fsp3) is 0.312. The van der Waals surface area contributed by atoms with Crippen LogP contribution in [0.2, 0.25) is 0 Å². The Morgan fingerprint density at radius 2 is 1.89 bits per heavy atom. The van der Waals surface area contributed by atoms with Crippen LogP contribution in [0.5, 0.6) is 0 Å². The molecule has 1 unspecified atom stereocenters. The van der Waals surface area contributed by atoms with Crippen molar-refractivity contribution < 1.29 is 17.9 Å². The summed E-state index contributed by atoms with van der Waals surface area (Å²) in [5.74, 6) is 0.817. The number of H-pyrrole nitrogens is 1. The van der Waals surface area contributed by atoms with Gasteiger partial charge in [0.1, 0.15) is 0 Å². The number of hydrogen-bond donors (Lipinski definition) is 1. The zero-order valence-corrected chi connectivity index (χ0v) is 11.8. The Kier molecular flexibility index (Phi) is 2.26. The van der Waals surface area contributed by atoms with Crippen LogP contribution in [0.4, 0.5) is 0 Å². The molecule has 18 heavy (non-hydrogen) atoms. The Hall–Kier alpha value is -1.01. The molecule has 2 aromatic rings. The van der Waals surface area contributed by atoms with Crippen molar-refractivity contribution in [2.24, 2.45) is 5.92 Å². The topological polar surface area (TPSA) is 15.8 Å². The van der Waals surface area contributed by atoms with E-state index < -0.39 is 0 Å². The first-order chi connectivity index (χ1) is 8.82. The molecule has 0 amide bonds. The Bertz CT molecular complexity index is 609. The van der Waals surface area contributed by atoms with E-state index in [4.69, 9.17) is 0 Å². The average molecular weight is 322 g/mol. The van der Waals surface area contributed by atoms with Crippen LogP contribution < -0.4 is 0 Å². The van der Waals surface area contributed by atoms with Crippen LogP contribution >= 0.6 is 0 Å². The summed E-state index contributed by atoms with van der Waals surface area (Å²) >= 11 is 2.85. The molecule has 1 aromatic heterocycles. The van der Waals surface area contributed by atoms with Gasteiger partial charge in [0.2, 0.25) is 0 Å². The Labute approximate surface area is 117 Å². The van der Waals surface area contributed by atoms with Crippen molar-refractivity contribution in [3.05, 3.63) is 59.4 Å². The van der Waals surface area contributed by atoms with Crippen LogP contribution in [0.3, 0.4) is 0 Å². The fourth-order valence-corrected chi connectivity index (χ4v) is 4.37. The Balaban J connectivity index is 1.97. The maximum atomic E-state index is 3.53. The van der Waals surface area contributed by atoms with Gasteiger partial charge in [-0.15, -0.1) is 0 Å². The molecule has 1 fully saturated rings. The number of fused-ring (bicyclic) bond motifs is 1. The normalized spacial score (nSPS) is 26.3. The molecular formula is C16H15NRu+. The van der Waals surface area contributed by atoms with Crippen LogP contribution in [0.15, 0.2) is 42.6 Å². The van der Waals surface area contributed by atoms with E-state index in [1.165, 1.54) is 40.2 Å². The fourth-order valence-electron chi connectivity index (χ4n) is 3.52. The summed E-state index contributed by atoms with van der Waals surface area (Å²) in [6.07, 6.45) is 6.00. The van der Waals surface area contributed by atoms with E-state index in [0.29, 0.717) is 0 Å². The molecule has 0 saturated heterocycles. The van der Waals surface area contributed by atoms with Crippen LogP contribution in [0, 0.1) is 5.92 Å². The van der Waals surface area contributed by atoms with Crippen molar-refractivity contribution >= 4 is 4.11 Å². The SMILES string of the molecule is [Ru+]=[C]1CC(c2ccccc2)(C2CC2)c2[nH]ccc21. The summed E-state index contributed by atoms with van der Waals surface area (Å²) in [4.78, 5) is 3.53. The van der Waals surface area contributed by atoms with E-state index in [2.05, 4.69) is 65.4 Å². The van der Waals surface area contributed by atoms with Crippen molar-refractivity contribution in [1.82, 2.24) is 4.98 Å². The Morgan fingerprint density at radius 3 is 2.61 bits per heavy atom. The van der Waals surface area contributed by atoms with E-state index in [0.717, 1.165) is 5.92 Å². The summed E-state index contributed by atoms with van der Waals surface area (Å²) in [6.45, 7) is 0. The van der Waals surface area contributed by atoms with Crippen molar-refractivity contribution in [3.63, 3.8) is 0 Å². The first kappa shape index (κ1) is 10.9. The molecule has 2 aliphatic rings. The van der Waals surface area contributed by atoms with E-state index in [1.807, 2.05) is 0 Å². The molecule has 0 aliphatic heterocycles. The Morgan fingerprint density at radius 1 is 1.11 bits per heavy atom. The van der Waals surface area contributed by atoms with Gasteiger partial charge in [0, 0.05) is 0 Å². The van der Waals surface area contributed by atoms with Gasteiger partial charge >= 0.3 is 117 Å². The summed E-state index contributed by atoms with van der Waals surface area (Å²) in [6, 6.07) is 13.3. The molecule has 1 N–H and O–H groups in total. The van der Waals surface area contributed by atoms with Crippen LogP contribution in [0.1, 0.15) is 36.1 Å². The summed E-state index contributed by atoms with van der Waals surface area (Å²) in [5, 5.41) is 0. The predicted octanol–water partition coefficient (Wildman–Crippen LogP) is 3.18. The van der Waals surface area contributed by atoms with Gasteiger partial charge in [-0.05, 0) is 0 Å². The number of hydrogen-bond acceptors (Lipinski definition) is 0. The zero-order chi connectivity index (χ0) is 12.2. The van der Waals surface area contributed by atoms with Gasteiger partial charge in [0.25, 0.3) is 0 Å². The average Bonchev–Trinajstić information content (AvgIpc) is 3.06. The monoisotopic (exact) mass is 323 g/mol. The third kappa shape index (κ3) is 1.33. The molecule has 1 heterocycles. The van der Waals surface area contributed by atoms with Gasteiger partial charge in [-0.3, -0.25) is 0 Å². The van der Waals surface area contributed by atoms with Crippen molar-refractivity contribution in [2.45, 2.75) is 24.7 Å². The number of rotatable bonds is 2. The number of nitrogens with one attached hydrogen (secondary N) is 1. The molecule has 91 valence electrons. The molecule has 0 spiro atoms. The molecule has 1 aromatic carbocycles. The van der Waals surface area contributed by atoms with Gasteiger partial charge in [-0.1, -0.05) is 0 Å².